The second-order valence-electron chi connectivity index (χ2n) is 6.70. The first-order chi connectivity index (χ1) is 14.1. The minimum Gasteiger partial charge on any atom is -0.395 e. The zero-order chi connectivity index (χ0) is 21.8. The largest absolute Gasteiger partial charge is 0.588 e. The van der Waals surface area contributed by atoms with Crippen molar-refractivity contribution < 1.29 is 31.3 Å². The number of aryl methyl sites for hydroxylation is 2. The lowest BCUT2D eigenvalue weighted by Crippen LogP contribution is -2.24. The van der Waals surface area contributed by atoms with Gasteiger partial charge in [-0.3, -0.25) is 0 Å². The summed E-state index contributed by atoms with van der Waals surface area (Å²) in [5.41, 5.74) is 1.32. The Morgan fingerprint density at radius 2 is 1.27 bits per heavy atom. The van der Waals surface area contributed by atoms with Crippen LogP contribution in [-0.2, 0) is 9.09 Å². The number of rotatable bonds is 7. The van der Waals surface area contributed by atoms with Gasteiger partial charge in [0.15, 0.2) is 6.10 Å². The molecule has 0 fully saturated rings. The van der Waals surface area contributed by atoms with Gasteiger partial charge in [-0.15, -0.1) is 0 Å². The quantitative estimate of drug-likeness (QED) is 0.368. The highest BCUT2D eigenvalue weighted by Gasteiger charge is 2.48. The Hall–Kier alpha value is -2.76. The average Bonchev–Trinajstić information content (AvgIpc) is 2.66. The van der Waals surface area contributed by atoms with E-state index in [-0.39, 0.29) is 17.1 Å². The van der Waals surface area contributed by atoms with Gasteiger partial charge in [0, 0.05) is 0 Å². The highest BCUT2D eigenvalue weighted by Crippen LogP contribution is 2.56. The van der Waals surface area contributed by atoms with Gasteiger partial charge in [0.2, 0.25) is 0 Å². The number of hydrogen-bond acceptors (Lipinski definition) is 4. The molecule has 0 heterocycles. The van der Waals surface area contributed by atoms with Crippen molar-refractivity contribution in [1.82, 2.24) is 0 Å². The molecular formula is C22H20F3O4P. The first-order valence-electron chi connectivity index (χ1n) is 9.07. The maximum absolute atomic E-state index is 13.8. The summed E-state index contributed by atoms with van der Waals surface area (Å²) in [4.78, 5) is 0. The number of halogens is 3. The molecule has 0 aliphatic carbocycles. The Morgan fingerprint density at radius 3 is 1.70 bits per heavy atom. The lowest BCUT2D eigenvalue weighted by molar-refractivity contribution is -0.201. The third-order valence-corrected chi connectivity index (χ3v) is 5.39. The van der Waals surface area contributed by atoms with E-state index in [1.54, 1.807) is 44.2 Å². The predicted molar refractivity (Wildman–Crippen MR) is 108 cm³/mol. The van der Waals surface area contributed by atoms with Crippen LogP contribution in [0.15, 0.2) is 78.9 Å². The van der Waals surface area contributed by atoms with Crippen LogP contribution in [0.4, 0.5) is 13.2 Å². The van der Waals surface area contributed by atoms with E-state index in [2.05, 4.69) is 0 Å². The lowest BCUT2D eigenvalue weighted by atomic mass is 10.1. The van der Waals surface area contributed by atoms with E-state index in [0.717, 1.165) is 11.1 Å². The highest BCUT2D eigenvalue weighted by atomic mass is 31.2. The van der Waals surface area contributed by atoms with Gasteiger partial charge in [0.1, 0.15) is 11.5 Å². The summed E-state index contributed by atoms with van der Waals surface area (Å²) in [7, 11) is -4.74. The van der Waals surface area contributed by atoms with Crippen LogP contribution in [-0.4, -0.2) is 6.18 Å². The molecule has 0 aliphatic heterocycles. The fraction of sp³-hybridized carbons (Fsp3) is 0.182. The van der Waals surface area contributed by atoms with Gasteiger partial charge in [0.05, 0.1) is 0 Å². The number of phosphoric ester groups is 1. The van der Waals surface area contributed by atoms with Crippen LogP contribution in [0.2, 0.25) is 0 Å². The van der Waals surface area contributed by atoms with Crippen molar-refractivity contribution in [1.29, 1.82) is 0 Å². The van der Waals surface area contributed by atoms with Crippen molar-refractivity contribution in [3.05, 3.63) is 95.6 Å². The van der Waals surface area contributed by atoms with Gasteiger partial charge >= 0.3 is 14.0 Å². The fourth-order valence-electron chi connectivity index (χ4n) is 2.73. The molecule has 0 spiro atoms. The third kappa shape index (κ3) is 5.88. The highest BCUT2D eigenvalue weighted by molar-refractivity contribution is 7.49. The van der Waals surface area contributed by atoms with Crippen LogP contribution in [0.1, 0.15) is 22.8 Å². The van der Waals surface area contributed by atoms with Gasteiger partial charge in [-0.05, 0) is 54.8 Å². The third-order valence-electron chi connectivity index (χ3n) is 4.05. The molecule has 4 nitrogen and oxygen atoms in total. The summed E-state index contributed by atoms with van der Waals surface area (Å²) in [6.07, 6.45) is -7.35. The molecule has 0 radical (unpaired) electrons. The van der Waals surface area contributed by atoms with Crippen LogP contribution in [0.5, 0.6) is 11.5 Å². The molecule has 0 saturated heterocycles. The van der Waals surface area contributed by atoms with E-state index in [4.69, 9.17) is 13.6 Å². The minimum absolute atomic E-state index is 0.0694. The Morgan fingerprint density at radius 1 is 0.767 bits per heavy atom. The van der Waals surface area contributed by atoms with E-state index in [1.165, 1.54) is 48.5 Å². The number of hydrogen-bond donors (Lipinski definition) is 0. The van der Waals surface area contributed by atoms with Crippen LogP contribution in [0.3, 0.4) is 0 Å². The fourth-order valence-corrected chi connectivity index (χ4v) is 4.10. The molecular weight excluding hydrogens is 416 g/mol. The number of phosphoric acid groups is 1. The molecule has 0 unspecified atom stereocenters. The first kappa shape index (κ1) is 21.9. The summed E-state index contributed by atoms with van der Waals surface area (Å²) in [5.74, 6) is 0.139. The number of alkyl halides is 3. The van der Waals surface area contributed by atoms with Crippen molar-refractivity contribution in [3.8, 4) is 11.5 Å². The smallest absolute Gasteiger partial charge is 0.395 e. The summed E-state index contributed by atoms with van der Waals surface area (Å²) in [6, 6.07) is 19.7. The Balaban J connectivity index is 1.99. The van der Waals surface area contributed by atoms with E-state index in [9.17, 15) is 17.7 Å². The summed E-state index contributed by atoms with van der Waals surface area (Å²) in [6.45, 7) is 3.53. The SMILES string of the molecule is Cc1cccc(OP(=O)(Oc2cccc(C)c2)O[C@H](c2ccccc2)C(F)(F)F)c1. The lowest BCUT2D eigenvalue weighted by Gasteiger charge is -2.26. The van der Waals surface area contributed by atoms with Gasteiger partial charge in [-0.1, -0.05) is 54.6 Å². The Bertz CT molecular complexity index is 986. The molecule has 0 saturated carbocycles. The maximum atomic E-state index is 13.8. The van der Waals surface area contributed by atoms with Crippen molar-refractivity contribution in [2.45, 2.75) is 26.1 Å². The van der Waals surface area contributed by atoms with E-state index < -0.39 is 20.1 Å². The van der Waals surface area contributed by atoms with Gasteiger partial charge in [0.25, 0.3) is 0 Å². The van der Waals surface area contributed by atoms with Crippen LogP contribution < -0.4 is 9.05 Å². The maximum Gasteiger partial charge on any atom is 0.588 e. The monoisotopic (exact) mass is 436 g/mol. The van der Waals surface area contributed by atoms with E-state index in [0.29, 0.717) is 0 Å². The van der Waals surface area contributed by atoms with Gasteiger partial charge < -0.3 is 9.05 Å². The molecule has 30 heavy (non-hydrogen) atoms. The molecule has 0 aliphatic rings. The standard InChI is InChI=1S/C22H20F3O4P/c1-16-8-6-12-19(14-16)27-30(26,28-20-13-7-9-17(2)15-20)29-21(22(23,24)25)18-10-4-3-5-11-18/h3-15,21H,1-2H3/t21-/m1/s1. The van der Waals surface area contributed by atoms with Crippen LogP contribution >= 0.6 is 7.82 Å². The normalized spacial score (nSPS) is 13.0. The molecule has 8 heteroatoms. The van der Waals surface area contributed by atoms with E-state index in [1.807, 2.05) is 0 Å². The molecule has 3 rings (SSSR count). The molecule has 0 amide bonds. The van der Waals surface area contributed by atoms with E-state index >= 15 is 0 Å². The average molecular weight is 436 g/mol. The summed E-state index contributed by atoms with van der Waals surface area (Å²) in [5, 5.41) is 0. The summed E-state index contributed by atoms with van der Waals surface area (Å²) < 4.78 is 70.6. The van der Waals surface area contributed by atoms with Crippen LogP contribution in [0, 0.1) is 13.8 Å². The van der Waals surface area contributed by atoms with Crippen LogP contribution in [0.25, 0.3) is 0 Å². The molecule has 3 aromatic carbocycles. The van der Waals surface area contributed by atoms with Crippen molar-refractivity contribution >= 4 is 7.82 Å². The zero-order valence-electron chi connectivity index (χ0n) is 16.3. The second-order valence-corrected chi connectivity index (χ2v) is 8.17. The predicted octanol–water partition coefficient (Wildman–Crippen LogP) is 7.19. The minimum atomic E-state index is -4.84. The van der Waals surface area contributed by atoms with Crippen molar-refractivity contribution in [2.75, 3.05) is 0 Å². The topological polar surface area (TPSA) is 44.8 Å². The Labute approximate surface area is 172 Å². The summed E-state index contributed by atoms with van der Waals surface area (Å²) >= 11 is 0. The molecule has 158 valence electrons. The van der Waals surface area contributed by atoms with Crippen molar-refractivity contribution in [3.63, 3.8) is 0 Å². The van der Waals surface area contributed by atoms with Gasteiger partial charge in [-0.25, -0.2) is 9.09 Å². The zero-order valence-corrected chi connectivity index (χ0v) is 17.2. The molecule has 3 aromatic rings. The first-order valence-corrected chi connectivity index (χ1v) is 10.5. The van der Waals surface area contributed by atoms with Crippen molar-refractivity contribution in [2.24, 2.45) is 0 Å². The Kier molecular flexibility index (Phi) is 6.54. The van der Waals surface area contributed by atoms with Gasteiger partial charge in [-0.2, -0.15) is 13.2 Å². The number of benzene rings is 3. The second kappa shape index (κ2) is 8.94. The molecule has 0 N–H and O–H groups in total. The molecule has 0 bridgehead atoms. The molecule has 0 aromatic heterocycles. The molecule has 1 atom stereocenters.